The number of halogens is 1. The molecular formula is C20H22ClN3O3. The van der Waals surface area contributed by atoms with Crippen LogP contribution in [0.5, 0.6) is 5.75 Å². The average Bonchev–Trinajstić information content (AvgIpc) is 2.72. The first kappa shape index (κ1) is 19.2. The van der Waals surface area contributed by atoms with E-state index in [0.29, 0.717) is 48.8 Å². The highest BCUT2D eigenvalue weighted by molar-refractivity contribution is 6.31. The molecule has 27 heavy (non-hydrogen) atoms. The van der Waals surface area contributed by atoms with Crippen molar-refractivity contribution in [1.29, 1.82) is 0 Å². The van der Waals surface area contributed by atoms with Gasteiger partial charge in [-0.25, -0.2) is 0 Å². The number of methoxy groups -OCH3 is 1. The van der Waals surface area contributed by atoms with Gasteiger partial charge in [0.05, 0.1) is 24.9 Å². The molecule has 0 bridgehead atoms. The van der Waals surface area contributed by atoms with Gasteiger partial charge in [-0.3, -0.25) is 14.6 Å². The molecule has 0 aliphatic carbocycles. The number of nitrogens with one attached hydrogen (secondary N) is 1. The van der Waals surface area contributed by atoms with Crippen molar-refractivity contribution in [2.75, 3.05) is 20.2 Å². The molecule has 6 nitrogen and oxygen atoms in total. The summed E-state index contributed by atoms with van der Waals surface area (Å²) in [5.74, 6) is 0.286. The summed E-state index contributed by atoms with van der Waals surface area (Å²) in [6.45, 7) is 1.46. The van der Waals surface area contributed by atoms with Gasteiger partial charge in [0, 0.05) is 30.2 Å². The zero-order chi connectivity index (χ0) is 19.2. The van der Waals surface area contributed by atoms with Crippen molar-refractivity contribution in [2.24, 2.45) is 5.92 Å². The van der Waals surface area contributed by atoms with Gasteiger partial charge in [-0.2, -0.15) is 0 Å². The lowest BCUT2D eigenvalue weighted by molar-refractivity contribution is -0.126. The molecule has 2 heterocycles. The Morgan fingerprint density at radius 1 is 1.26 bits per heavy atom. The molecule has 0 spiro atoms. The molecule has 0 saturated carbocycles. The highest BCUT2D eigenvalue weighted by atomic mass is 35.5. The smallest absolute Gasteiger partial charge is 0.257 e. The number of aromatic nitrogens is 1. The molecule has 1 saturated heterocycles. The van der Waals surface area contributed by atoms with Gasteiger partial charge < -0.3 is 15.0 Å². The van der Waals surface area contributed by atoms with E-state index < -0.39 is 0 Å². The summed E-state index contributed by atoms with van der Waals surface area (Å²) in [5, 5.41) is 3.42. The SMILES string of the molecule is COc1ccc(Cl)cc1C(=O)N1CCC(C(=O)NCc2ccccn2)CC1. The second-order valence-electron chi connectivity index (χ2n) is 6.45. The number of piperidine rings is 1. The van der Waals surface area contributed by atoms with Gasteiger partial charge in [-0.15, -0.1) is 0 Å². The number of benzene rings is 1. The minimum Gasteiger partial charge on any atom is -0.496 e. The molecule has 0 atom stereocenters. The number of hydrogen-bond donors (Lipinski definition) is 1. The molecule has 2 amide bonds. The number of pyridine rings is 1. The second-order valence-corrected chi connectivity index (χ2v) is 6.89. The largest absolute Gasteiger partial charge is 0.496 e. The molecule has 1 aromatic carbocycles. The van der Waals surface area contributed by atoms with Crippen molar-refractivity contribution in [3.05, 3.63) is 58.9 Å². The van der Waals surface area contributed by atoms with E-state index in [4.69, 9.17) is 16.3 Å². The number of rotatable bonds is 5. The standard InChI is InChI=1S/C20H22ClN3O3/c1-27-18-6-5-15(21)12-17(18)20(26)24-10-7-14(8-11-24)19(25)23-13-16-4-2-3-9-22-16/h2-6,9,12,14H,7-8,10-11,13H2,1H3,(H,23,25). The molecule has 1 fully saturated rings. The molecule has 1 aromatic heterocycles. The number of carbonyl (C=O) groups is 2. The van der Waals surface area contributed by atoms with Gasteiger partial charge in [0.1, 0.15) is 5.75 Å². The fourth-order valence-corrected chi connectivity index (χ4v) is 3.36. The van der Waals surface area contributed by atoms with Crippen LogP contribution in [-0.4, -0.2) is 41.9 Å². The van der Waals surface area contributed by atoms with Crippen LogP contribution in [-0.2, 0) is 11.3 Å². The fourth-order valence-electron chi connectivity index (χ4n) is 3.19. The Labute approximate surface area is 163 Å². The van der Waals surface area contributed by atoms with E-state index in [-0.39, 0.29) is 17.7 Å². The molecule has 2 aromatic rings. The van der Waals surface area contributed by atoms with E-state index in [0.717, 1.165) is 5.69 Å². The summed E-state index contributed by atoms with van der Waals surface area (Å²) in [5.41, 5.74) is 1.27. The van der Waals surface area contributed by atoms with E-state index in [1.54, 1.807) is 29.3 Å². The molecule has 1 aliphatic heterocycles. The third kappa shape index (κ3) is 4.77. The molecule has 3 rings (SSSR count). The van der Waals surface area contributed by atoms with E-state index in [2.05, 4.69) is 10.3 Å². The second kappa shape index (κ2) is 8.86. The Morgan fingerprint density at radius 3 is 2.70 bits per heavy atom. The summed E-state index contributed by atoms with van der Waals surface area (Å²) < 4.78 is 5.27. The molecule has 7 heteroatoms. The lowest BCUT2D eigenvalue weighted by atomic mass is 9.95. The monoisotopic (exact) mass is 387 g/mol. The quantitative estimate of drug-likeness (QED) is 0.856. The third-order valence-electron chi connectivity index (χ3n) is 4.71. The predicted molar refractivity (Wildman–Crippen MR) is 103 cm³/mol. The maximum Gasteiger partial charge on any atom is 0.257 e. The van der Waals surface area contributed by atoms with Crippen molar-refractivity contribution in [3.63, 3.8) is 0 Å². The lowest BCUT2D eigenvalue weighted by Crippen LogP contribution is -2.43. The van der Waals surface area contributed by atoms with E-state index in [9.17, 15) is 9.59 Å². The van der Waals surface area contributed by atoms with Crippen molar-refractivity contribution >= 4 is 23.4 Å². The Balaban J connectivity index is 1.54. The van der Waals surface area contributed by atoms with Crippen LogP contribution >= 0.6 is 11.6 Å². The van der Waals surface area contributed by atoms with Crippen LogP contribution in [0.3, 0.4) is 0 Å². The summed E-state index contributed by atoms with van der Waals surface area (Å²) in [6.07, 6.45) is 2.96. The first-order valence-corrected chi connectivity index (χ1v) is 9.26. The highest BCUT2D eigenvalue weighted by Crippen LogP contribution is 2.26. The fraction of sp³-hybridized carbons (Fsp3) is 0.350. The zero-order valence-electron chi connectivity index (χ0n) is 15.2. The van der Waals surface area contributed by atoms with Crippen molar-refractivity contribution in [1.82, 2.24) is 15.2 Å². The molecule has 1 N–H and O–H groups in total. The van der Waals surface area contributed by atoms with E-state index in [1.165, 1.54) is 7.11 Å². The lowest BCUT2D eigenvalue weighted by Gasteiger charge is -2.31. The van der Waals surface area contributed by atoms with Gasteiger partial charge in [0.25, 0.3) is 5.91 Å². The van der Waals surface area contributed by atoms with Gasteiger partial charge in [0.2, 0.25) is 5.91 Å². The molecule has 0 unspecified atom stereocenters. The van der Waals surface area contributed by atoms with E-state index >= 15 is 0 Å². The predicted octanol–water partition coefficient (Wildman–Crippen LogP) is 2.91. The van der Waals surface area contributed by atoms with Crippen LogP contribution in [0.15, 0.2) is 42.6 Å². The van der Waals surface area contributed by atoms with Gasteiger partial charge in [-0.05, 0) is 43.2 Å². The van der Waals surface area contributed by atoms with E-state index in [1.807, 2.05) is 18.2 Å². The first-order valence-electron chi connectivity index (χ1n) is 8.89. The molecular weight excluding hydrogens is 366 g/mol. The first-order chi connectivity index (χ1) is 13.1. The summed E-state index contributed by atoms with van der Waals surface area (Å²) in [4.78, 5) is 31.1. The van der Waals surface area contributed by atoms with Crippen molar-refractivity contribution < 1.29 is 14.3 Å². The Morgan fingerprint density at radius 2 is 2.04 bits per heavy atom. The Hall–Kier alpha value is -2.60. The average molecular weight is 388 g/mol. The number of hydrogen-bond acceptors (Lipinski definition) is 4. The van der Waals surface area contributed by atoms with Crippen molar-refractivity contribution in [2.45, 2.75) is 19.4 Å². The number of amides is 2. The number of likely N-dealkylation sites (tertiary alicyclic amines) is 1. The maximum absolute atomic E-state index is 12.8. The Kier molecular flexibility index (Phi) is 6.29. The summed E-state index contributed by atoms with van der Waals surface area (Å²) in [6, 6.07) is 10.6. The minimum absolute atomic E-state index is 0.00749. The normalized spacial score (nSPS) is 14.7. The minimum atomic E-state index is -0.123. The van der Waals surface area contributed by atoms with Crippen LogP contribution in [0.4, 0.5) is 0 Å². The van der Waals surface area contributed by atoms with Gasteiger partial charge in [-0.1, -0.05) is 17.7 Å². The Bertz CT molecular complexity index is 805. The zero-order valence-corrected chi connectivity index (χ0v) is 15.9. The van der Waals surface area contributed by atoms with Gasteiger partial charge in [0.15, 0.2) is 0 Å². The topological polar surface area (TPSA) is 71.5 Å². The third-order valence-corrected chi connectivity index (χ3v) is 4.95. The van der Waals surface area contributed by atoms with Crippen LogP contribution in [0.25, 0.3) is 0 Å². The number of ether oxygens (including phenoxy) is 1. The number of nitrogens with zero attached hydrogens (tertiary/aromatic N) is 2. The molecule has 1 aliphatic rings. The molecule has 0 radical (unpaired) electrons. The summed E-state index contributed by atoms with van der Waals surface area (Å²) in [7, 11) is 1.53. The van der Waals surface area contributed by atoms with Crippen LogP contribution in [0.2, 0.25) is 5.02 Å². The van der Waals surface area contributed by atoms with Crippen LogP contribution in [0.1, 0.15) is 28.9 Å². The number of carbonyl (C=O) groups excluding carboxylic acids is 2. The molecule has 142 valence electrons. The van der Waals surface area contributed by atoms with Crippen LogP contribution in [0, 0.1) is 5.92 Å². The van der Waals surface area contributed by atoms with Crippen molar-refractivity contribution in [3.8, 4) is 5.75 Å². The highest BCUT2D eigenvalue weighted by Gasteiger charge is 2.29. The maximum atomic E-state index is 12.8. The van der Waals surface area contributed by atoms with Crippen LogP contribution < -0.4 is 10.1 Å². The summed E-state index contributed by atoms with van der Waals surface area (Å²) >= 11 is 6.02. The van der Waals surface area contributed by atoms with Gasteiger partial charge >= 0.3 is 0 Å².